The Morgan fingerprint density at radius 3 is 2.69 bits per heavy atom. The van der Waals surface area contributed by atoms with E-state index in [2.05, 4.69) is 58.5 Å². The molecule has 0 bridgehead atoms. The van der Waals surface area contributed by atoms with Crippen LogP contribution in [-0.4, -0.2) is 37.7 Å². The number of hydrogen-bond acceptors (Lipinski definition) is 8. The summed E-state index contributed by atoms with van der Waals surface area (Å²) in [5.74, 6) is 0.0257. The summed E-state index contributed by atoms with van der Waals surface area (Å²) in [6, 6.07) is 5.94. The van der Waals surface area contributed by atoms with Crippen LogP contribution in [-0.2, 0) is 11.8 Å². The van der Waals surface area contributed by atoms with E-state index in [1.165, 1.54) is 25.3 Å². The molecular formula is C23H20BrFN8O2. The van der Waals surface area contributed by atoms with Gasteiger partial charge in [0.1, 0.15) is 11.6 Å². The van der Waals surface area contributed by atoms with Gasteiger partial charge in [-0.1, -0.05) is 6.58 Å². The number of hydrogen-bond donors (Lipinski definition) is 3. The summed E-state index contributed by atoms with van der Waals surface area (Å²) < 4.78 is 22.2. The van der Waals surface area contributed by atoms with E-state index in [4.69, 9.17) is 4.74 Å². The molecule has 0 fully saturated rings. The van der Waals surface area contributed by atoms with E-state index in [-0.39, 0.29) is 11.6 Å². The molecule has 0 spiro atoms. The lowest BCUT2D eigenvalue weighted by atomic mass is 10.1. The average Bonchev–Trinajstić information content (AvgIpc) is 3.25. The van der Waals surface area contributed by atoms with Crippen molar-refractivity contribution < 1.29 is 13.9 Å². The van der Waals surface area contributed by atoms with Gasteiger partial charge in [-0.3, -0.25) is 9.48 Å². The van der Waals surface area contributed by atoms with E-state index in [1.54, 1.807) is 42.6 Å². The van der Waals surface area contributed by atoms with Gasteiger partial charge in [-0.25, -0.2) is 14.4 Å². The summed E-state index contributed by atoms with van der Waals surface area (Å²) in [6.45, 7) is 3.42. The fraction of sp³-hybridized carbons (Fsp3) is 0.0870. The maximum atomic E-state index is 14.7. The number of rotatable bonds is 8. The molecule has 0 saturated heterocycles. The summed E-state index contributed by atoms with van der Waals surface area (Å²) in [5.41, 5.74) is 2.37. The van der Waals surface area contributed by atoms with Gasteiger partial charge in [-0.15, -0.1) is 0 Å². The van der Waals surface area contributed by atoms with Gasteiger partial charge in [0.2, 0.25) is 17.7 Å². The first-order valence-electron chi connectivity index (χ1n) is 10.2. The van der Waals surface area contributed by atoms with E-state index in [0.29, 0.717) is 38.7 Å². The normalized spacial score (nSPS) is 10.5. The largest absolute Gasteiger partial charge is 0.480 e. The number of anilines is 5. The third-order valence-electron chi connectivity index (χ3n) is 4.73. The van der Waals surface area contributed by atoms with Crippen molar-refractivity contribution in [2.24, 2.45) is 7.05 Å². The van der Waals surface area contributed by atoms with Gasteiger partial charge in [0.15, 0.2) is 0 Å². The Hall–Kier alpha value is -4.32. The molecule has 0 unspecified atom stereocenters. The van der Waals surface area contributed by atoms with Crippen molar-refractivity contribution in [3.05, 3.63) is 72.0 Å². The van der Waals surface area contributed by atoms with Crippen molar-refractivity contribution in [3.63, 3.8) is 0 Å². The number of halogens is 2. The Kier molecular flexibility index (Phi) is 7.01. The maximum Gasteiger partial charge on any atom is 0.247 e. The lowest BCUT2D eigenvalue weighted by Crippen LogP contribution is -2.08. The number of nitrogens with zero attached hydrogens (tertiary/aromatic N) is 5. The summed E-state index contributed by atoms with van der Waals surface area (Å²) in [7, 11) is 3.31. The van der Waals surface area contributed by atoms with Gasteiger partial charge in [0.05, 0.1) is 29.2 Å². The second kappa shape index (κ2) is 10.3. The molecule has 0 aliphatic rings. The number of carbonyl (C=O) groups is 1. The third kappa shape index (κ3) is 5.61. The molecule has 12 heteroatoms. The number of benzene rings is 1. The van der Waals surface area contributed by atoms with Gasteiger partial charge in [0.25, 0.3) is 0 Å². The van der Waals surface area contributed by atoms with Crippen LogP contribution in [0.5, 0.6) is 5.88 Å². The number of nitrogens with one attached hydrogen (secondary N) is 3. The Labute approximate surface area is 208 Å². The summed E-state index contributed by atoms with van der Waals surface area (Å²) in [4.78, 5) is 24.9. The monoisotopic (exact) mass is 538 g/mol. The van der Waals surface area contributed by atoms with Gasteiger partial charge in [0, 0.05) is 42.5 Å². The molecule has 0 aliphatic carbocycles. The molecular weight excluding hydrogens is 519 g/mol. The first-order valence-corrected chi connectivity index (χ1v) is 11.0. The van der Waals surface area contributed by atoms with Crippen molar-refractivity contribution in [1.82, 2.24) is 24.7 Å². The minimum atomic E-state index is -0.540. The Bertz CT molecular complexity index is 1410. The quantitative estimate of drug-likeness (QED) is 0.274. The number of amides is 1. The van der Waals surface area contributed by atoms with Crippen molar-refractivity contribution >= 4 is 50.7 Å². The molecule has 0 saturated carbocycles. The molecule has 3 heterocycles. The molecule has 0 atom stereocenters. The number of methoxy groups -OCH3 is 1. The smallest absolute Gasteiger partial charge is 0.247 e. The van der Waals surface area contributed by atoms with Gasteiger partial charge in [-0.05, 0) is 46.3 Å². The van der Waals surface area contributed by atoms with Crippen molar-refractivity contribution in [1.29, 1.82) is 0 Å². The number of carbonyl (C=O) groups excluding carboxylic acids is 1. The second-order valence-corrected chi connectivity index (χ2v) is 8.07. The topological polar surface area (TPSA) is 119 Å². The highest BCUT2D eigenvalue weighted by Crippen LogP contribution is 2.34. The highest BCUT2D eigenvalue weighted by molar-refractivity contribution is 9.10. The molecule has 1 aromatic carbocycles. The number of pyridine rings is 1. The zero-order valence-electron chi connectivity index (χ0n) is 18.7. The summed E-state index contributed by atoms with van der Waals surface area (Å²) in [5, 5.41) is 12.8. The zero-order valence-corrected chi connectivity index (χ0v) is 20.3. The first-order chi connectivity index (χ1) is 16.9. The Morgan fingerprint density at radius 1 is 1.17 bits per heavy atom. The first kappa shape index (κ1) is 23.8. The van der Waals surface area contributed by atoms with E-state index in [1.807, 2.05) is 0 Å². The molecule has 10 nitrogen and oxygen atoms in total. The molecule has 0 aliphatic heterocycles. The van der Waals surface area contributed by atoms with Crippen molar-refractivity contribution in [2.45, 2.75) is 0 Å². The van der Waals surface area contributed by atoms with Crippen LogP contribution in [0.15, 0.2) is 66.2 Å². The van der Waals surface area contributed by atoms with Crippen LogP contribution in [0.1, 0.15) is 0 Å². The Balaban J connectivity index is 1.75. The molecule has 0 radical (unpaired) electrons. The average molecular weight is 539 g/mol. The van der Waals surface area contributed by atoms with E-state index >= 15 is 0 Å². The third-order valence-corrected chi connectivity index (χ3v) is 5.30. The van der Waals surface area contributed by atoms with Crippen molar-refractivity contribution in [3.8, 4) is 17.0 Å². The maximum absolute atomic E-state index is 14.7. The van der Waals surface area contributed by atoms with E-state index < -0.39 is 11.7 Å². The molecule has 3 aromatic heterocycles. The molecule has 178 valence electrons. The number of ether oxygens (including phenoxy) is 1. The van der Waals surface area contributed by atoms with Crippen LogP contribution in [0.25, 0.3) is 11.1 Å². The molecule has 4 aromatic rings. The number of aryl methyl sites for hydroxylation is 1. The van der Waals surface area contributed by atoms with Gasteiger partial charge < -0.3 is 20.7 Å². The molecule has 35 heavy (non-hydrogen) atoms. The fourth-order valence-corrected chi connectivity index (χ4v) is 3.62. The number of aromatic nitrogens is 5. The van der Waals surface area contributed by atoms with Crippen LogP contribution >= 0.6 is 15.9 Å². The SMILES string of the molecule is C=CC(=O)Nc1ccc(F)c(Nc2nc(Nc3cnn(C)c3)ncc2-c2cnc(OC)c(Br)c2)c1. The minimum absolute atomic E-state index is 0.0969. The van der Waals surface area contributed by atoms with Crippen molar-refractivity contribution in [2.75, 3.05) is 23.1 Å². The van der Waals surface area contributed by atoms with E-state index in [0.717, 1.165) is 6.08 Å². The zero-order chi connectivity index (χ0) is 24.9. The van der Waals surface area contributed by atoms with Gasteiger partial charge in [-0.2, -0.15) is 10.1 Å². The van der Waals surface area contributed by atoms with Gasteiger partial charge >= 0.3 is 0 Å². The lowest BCUT2D eigenvalue weighted by Gasteiger charge is -2.15. The van der Waals surface area contributed by atoms with Crippen LogP contribution in [0.2, 0.25) is 0 Å². The predicted molar refractivity (Wildman–Crippen MR) is 135 cm³/mol. The Morgan fingerprint density at radius 2 is 2.00 bits per heavy atom. The summed E-state index contributed by atoms with van der Waals surface area (Å²) >= 11 is 3.43. The summed E-state index contributed by atoms with van der Waals surface area (Å²) in [6.07, 6.45) is 7.70. The standard InChI is InChI=1S/C23H20BrFN8O2/c1-4-20(34)29-14-5-6-18(25)19(8-14)31-21-16(13-7-17(24)22(35-3)26-9-13)11-27-23(32-21)30-15-10-28-33(2)12-15/h4-12H,1H2,2-3H3,(H,29,34)(H2,27,30,31,32). The fourth-order valence-electron chi connectivity index (χ4n) is 3.11. The van der Waals surface area contributed by atoms with Crippen LogP contribution in [0, 0.1) is 5.82 Å². The van der Waals surface area contributed by atoms with Crippen LogP contribution < -0.4 is 20.7 Å². The lowest BCUT2D eigenvalue weighted by molar-refractivity contribution is -0.111. The van der Waals surface area contributed by atoms with Crippen LogP contribution in [0.3, 0.4) is 0 Å². The molecule has 1 amide bonds. The van der Waals surface area contributed by atoms with E-state index in [9.17, 15) is 9.18 Å². The highest BCUT2D eigenvalue weighted by atomic mass is 79.9. The molecule has 4 rings (SSSR count). The predicted octanol–water partition coefficient (Wildman–Crippen LogP) is 4.79. The second-order valence-electron chi connectivity index (χ2n) is 7.21. The van der Waals surface area contributed by atoms with Crippen LogP contribution in [0.4, 0.5) is 33.2 Å². The highest BCUT2D eigenvalue weighted by Gasteiger charge is 2.15. The minimum Gasteiger partial charge on any atom is -0.480 e. The molecule has 3 N–H and O–H groups in total.